The lowest BCUT2D eigenvalue weighted by molar-refractivity contribution is 0.0934. The predicted octanol–water partition coefficient (Wildman–Crippen LogP) is 2.85. The first kappa shape index (κ1) is 21.8. The number of carbonyl (C=O) groups is 1. The second-order valence-electron chi connectivity index (χ2n) is 7.19. The van der Waals surface area contributed by atoms with Crippen molar-refractivity contribution in [1.82, 2.24) is 24.8 Å². The summed E-state index contributed by atoms with van der Waals surface area (Å²) < 4.78 is 34.9. The number of rotatable bonds is 5. The van der Waals surface area contributed by atoms with Crippen LogP contribution in [0.3, 0.4) is 0 Å². The van der Waals surface area contributed by atoms with Gasteiger partial charge < -0.3 is 20.0 Å². The molecule has 1 amide bonds. The molecule has 3 heterocycles. The highest BCUT2D eigenvalue weighted by Crippen LogP contribution is 2.30. The number of carbonyl (C=O) groups excluding carboxylic acids is 1. The lowest BCUT2D eigenvalue weighted by Crippen LogP contribution is -2.30. The van der Waals surface area contributed by atoms with Crippen molar-refractivity contribution in [3.05, 3.63) is 82.2 Å². The fraction of sp³-hybridized carbons (Fsp3) is 0.136. The molecule has 0 unspecified atom stereocenters. The average Bonchev–Trinajstić information content (AvgIpc) is 3.30. The molecule has 33 heavy (non-hydrogen) atoms. The van der Waals surface area contributed by atoms with Crippen molar-refractivity contribution in [2.24, 2.45) is 7.05 Å². The minimum Gasteiger partial charge on any atom is -0.443 e. The van der Waals surface area contributed by atoms with Gasteiger partial charge in [-0.15, -0.1) is 0 Å². The first-order valence-corrected chi connectivity index (χ1v) is 9.75. The molecule has 0 bridgehead atoms. The van der Waals surface area contributed by atoms with E-state index >= 15 is 0 Å². The third-order valence-electron chi connectivity index (χ3n) is 4.91. The zero-order valence-corrected chi connectivity index (χ0v) is 17.5. The summed E-state index contributed by atoms with van der Waals surface area (Å²) in [6.45, 7) is 1.43. The first-order valence-electron chi connectivity index (χ1n) is 9.75. The van der Waals surface area contributed by atoms with Crippen LogP contribution in [-0.4, -0.2) is 25.4 Å². The summed E-state index contributed by atoms with van der Waals surface area (Å²) in [4.78, 5) is 37.4. The van der Waals surface area contributed by atoms with E-state index in [-0.39, 0.29) is 39.9 Å². The van der Waals surface area contributed by atoms with Crippen molar-refractivity contribution < 1.29 is 18.0 Å². The van der Waals surface area contributed by atoms with Gasteiger partial charge in [0.25, 0.3) is 5.91 Å². The van der Waals surface area contributed by atoms with E-state index in [1.807, 2.05) is 0 Å². The maximum atomic E-state index is 14.1. The van der Waals surface area contributed by atoms with E-state index in [1.165, 1.54) is 48.3 Å². The van der Waals surface area contributed by atoms with Crippen LogP contribution in [0.15, 0.2) is 58.2 Å². The summed E-state index contributed by atoms with van der Waals surface area (Å²) in [5.41, 5.74) is 5.96. The number of amides is 1. The van der Waals surface area contributed by atoms with Crippen molar-refractivity contribution in [3.8, 4) is 22.8 Å². The Bertz CT molecular complexity index is 1380. The van der Waals surface area contributed by atoms with Crippen LogP contribution in [0.25, 0.3) is 22.8 Å². The van der Waals surface area contributed by atoms with E-state index in [2.05, 4.69) is 20.3 Å². The molecule has 11 heteroatoms. The topological polar surface area (TPSA) is 129 Å². The molecule has 9 nitrogen and oxygen atoms in total. The molecule has 1 aromatic carbocycles. The highest BCUT2D eigenvalue weighted by Gasteiger charge is 2.25. The van der Waals surface area contributed by atoms with Gasteiger partial charge in [-0.05, 0) is 25.1 Å². The molecule has 0 radical (unpaired) electrons. The number of nitrogens with two attached hydrogens (primary N) is 1. The molecule has 0 saturated carbocycles. The zero-order chi connectivity index (χ0) is 23.7. The average molecular weight is 452 g/mol. The van der Waals surface area contributed by atoms with E-state index in [0.29, 0.717) is 5.56 Å². The van der Waals surface area contributed by atoms with Crippen molar-refractivity contribution in [3.63, 3.8) is 0 Å². The number of nitrogens with zero attached hydrogens (tertiary/aromatic N) is 4. The van der Waals surface area contributed by atoms with Gasteiger partial charge in [-0.3, -0.25) is 9.59 Å². The molecule has 0 aliphatic rings. The molecule has 0 aliphatic carbocycles. The Balaban J connectivity index is 1.78. The summed E-state index contributed by atoms with van der Waals surface area (Å²) in [6, 6.07) is 5.24. The van der Waals surface area contributed by atoms with Gasteiger partial charge in [0.2, 0.25) is 11.4 Å². The van der Waals surface area contributed by atoms with Gasteiger partial charge in [0, 0.05) is 30.4 Å². The number of aryl methyl sites for hydroxylation is 1. The lowest BCUT2D eigenvalue weighted by Gasteiger charge is -2.17. The van der Waals surface area contributed by atoms with Gasteiger partial charge in [0.05, 0.1) is 12.2 Å². The lowest BCUT2D eigenvalue weighted by atomic mass is 10.1. The number of oxazole rings is 1. The van der Waals surface area contributed by atoms with Gasteiger partial charge in [0.1, 0.15) is 23.6 Å². The van der Waals surface area contributed by atoms with Crippen LogP contribution in [-0.2, 0) is 7.05 Å². The van der Waals surface area contributed by atoms with Crippen LogP contribution >= 0.6 is 0 Å². The Morgan fingerprint density at radius 1 is 1.15 bits per heavy atom. The maximum absolute atomic E-state index is 14.1. The Hall–Kier alpha value is -4.41. The number of pyridine rings is 1. The first-order chi connectivity index (χ1) is 15.8. The van der Waals surface area contributed by atoms with Gasteiger partial charge in [-0.1, -0.05) is 6.07 Å². The van der Waals surface area contributed by atoms with Crippen molar-refractivity contribution in [2.75, 3.05) is 5.73 Å². The van der Waals surface area contributed by atoms with Gasteiger partial charge in [-0.25, -0.2) is 23.7 Å². The summed E-state index contributed by atoms with van der Waals surface area (Å²) >= 11 is 0. The number of anilines is 1. The largest absolute Gasteiger partial charge is 0.443 e. The number of halogens is 2. The van der Waals surface area contributed by atoms with Crippen LogP contribution < -0.4 is 16.6 Å². The monoisotopic (exact) mass is 452 g/mol. The quantitative estimate of drug-likeness (QED) is 0.476. The Kier molecular flexibility index (Phi) is 5.69. The van der Waals surface area contributed by atoms with E-state index in [4.69, 9.17) is 10.2 Å². The van der Waals surface area contributed by atoms with Crippen LogP contribution in [0.5, 0.6) is 0 Å². The molecule has 4 aromatic rings. The van der Waals surface area contributed by atoms with Gasteiger partial charge in [-0.2, -0.15) is 0 Å². The van der Waals surface area contributed by atoms with Crippen molar-refractivity contribution in [2.45, 2.75) is 13.0 Å². The number of aromatic nitrogens is 4. The van der Waals surface area contributed by atoms with Crippen LogP contribution in [0.1, 0.15) is 29.0 Å². The van der Waals surface area contributed by atoms with E-state index in [9.17, 15) is 18.4 Å². The second-order valence-corrected chi connectivity index (χ2v) is 7.19. The normalized spacial score (nSPS) is 11.9. The number of nitrogen functional groups attached to an aromatic ring is 1. The van der Waals surface area contributed by atoms with E-state index < -0.39 is 23.6 Å². The Morgan fingerprint density at radius 2 is 1.88 bits per heavy atom. The molecule has 3 N–H and O–H groups in total. The Labute approximate surface area is 185 Å². The standard InChI is InChI=1S/C22H18F2N6O3/c1-11(16-13(23)4-3-5-14(16)24)27-21(32)19-20(25)29-18(22-26-8-9-33-22)17(28-19)12-6-7-15(31)30(2)10-12/h3-11H,1-2H3,(H2,25,29)(H,27,32)/t11-/m1/s1. The highest BCUT2D eigenvalue weighted by molar-refractivity contribution is 5.98. The van der Waals surface area contributed by atoms with Gasteiger partial charge >= 0.3 is 0 Å². The number of hydrogen-bond donors (Lipinski definition) is 2. The fourth-order valence-electron chi connectivity index (χ4n) is 3.30. The molecule has 0 saturated heterocycles. The number of hydrogen-bond acceptors (Lipinski definition) is 7. The van der Waals surface area contributed by atoms with Crippen LogP contribution in [0, 0.1) is 11.6 Å². The minimum atomic E-state index is -1.02. The van der Waals surface area contributed by atoms with Crippen LogP contribution in [0.2, 0.25) is 0 Å². The molecule has 3 aromatic heterocycles. The minimum absolute atomic E-state index is 0.104. The molecule has 1 atom stereocenters. The molecule has 0 spiro atoms. The number of benzene rings is 1. The molecule has 4 rings (SSSR count). The summed E-state index contributed by atoms with van der Waals surface area (Å²) in [6.07, 6.45) is 4.25. The maximum Gasteiger partial charge on any atom is 0.274 e. The third-order valence-corrected chi connectivity index (χ3v) is 4.91. The van der Waals surface area contributed by atoms with E-state index in [0.717, 1.165) is 12.1 Å². The summed E-state index contributed by atoms with van der Waals surface area (Å²) in [5.74, 6) is -2.53. The van der Waals surface area contributed by atoms with Crippen LogP contribution in [0.4, 0.5) is 14.6 Å². The molecule has 0 fully saturated rings. The van der Waals surface area contributed by atoms with Crippen molar-refractivity contribution in [1.29, 1.82) is 0 Å². The number of nitrogens with one attached hydrogen (secondary N) is 1. The zero-order valence-electron chi connectivity index (χ0n) is 17.5. The SMILES string of the molecule is C[C@@H](NC(=O)c1nc(-c2ccc(=O)n(C)c2)c(-c2ncco2)nc1N)c1c(F)cccc1F. The second kappa shape index (κ2) is 8.61. The smallest absolute Gasteiger partial charge is 0.274 e. The Morgan fingerprint density at radius 3 is 2.52 bits per heavy atom. The van der Waals surface area contributed by atoms with Crippen molar-refractivity contribution >= 4 is 11.7 Å². The van der Waals surface area contributed by atoms with Gasteiger partial charge in [0.15, 0.2) is 17.2 Å². The highest BCUT2D eigenvalue weighted by atomic mass is 19.1. The fourth-order valence-corrected chi connectivity index (χ4v) is 3.30. The molecular formula is C22H18F2N6O3. The molecule has 0 aliphatic heterocycles. The predicted molar refractivity (Wildman–Crippen MR) is 115 cm³/mol. The van der Waals surface area contributed by atoms with E-state index in [1.54, 1.807) is 7.05 Å². The molecular weight excluding hydrogens is 434 g/mol. The summed E-state index contributed by atoms with van der Waals surface area (Å²) in [7, 11) is 1.56. The molecule has 168 valence electrons. The summed E-state index contributed by atoms with van der Waals surface area (Å²) in [5, 5.41) is 2.49. The third kappa shape index (κ3) is 4.20.